The zero-order valence-electron chi connectivity index (χ0n) is 9.11. The van der Waals surface area contributed by atoms with Gasteiger partial charge < -0.3 is 10.6 Å². The third-order valence-electron chi connectivity index (χ3n) is 3.17. The first-order valence-electron chi connectivity index (χ1n) is 5.51. The normalized spacial score (nSPS) is 25.0. The number of nitrogens with zero attached hydrogens (tertiary/aromatic N) is 2. The molecule has 1 saturated carbocycles. The molecule has 1 aliphatic heterocycles. The standard InChI is InChI=1S/C11H14BrN3S/c1-6-8(12)4-10(16-6)9-5-14-11(13)15(9)7-2-3-7/h4,7,9H,2-3,5H2,1H3,(H2,13,14). The highest BCUT2D eigenvalue weighted by Crippen LogP contribution is 2.40. The molecule has 3 nitrogen and oxygen atoms in total. The molecule has 0 spiro atoms. The van der Waals surface area contributed by atoms with Gasteiger partial charge in [0.2, 0.25) is 0 Å². The van der Waals surface area contributed by atoms with Gasteiger partial charge in [0.05, 0.1) is 12.6 Å². The molecule has 1 aromatic heterocycles. The minimum absolute atomic E-state index is 0.377. The monoisotopic (exact) mass is 299 g/mol. The summed E-state index contributed by atoms with van der Waals surface area (Å²) in [6.45, 7) is 2.95. The number of halogens is 1. The molecule has 0 saturated heterocycles. The summed E-state index contributed by atoms with van der Waals surface area (Å²) in [5.41, 5.74) is 5.96. The van der Waals surface area contributed by atoms with Crippen molar-refractivity contribution in [1.29, 1.82) is 0 Å². The van der Waals surface area contributed by atoms with Crippen molar-refractivity contribution in [2.24, 2.45) is 10.7 Å². The lowest BCUT2D eigenvalue weighted by Gasteiger charge is -2.25. The first-order valence-corrected chi connectivity index (χ1v) is 7.12. The summed E-state index contributed by atoms with van der Waals surface area (Å²) in [5.74, 6) is 0.731. The minimum Gasteiger partial charge on any atom is -0.370 e. The van der Waals surface area contributed by atoms with Gasteiger partial charge in [-0.05, 0) is 41.8 Å². The second kappa shape index (κ2) is 3.74. The third-order valence-corrected chi connectivity index (χ3v) is 5.41. The minimum atomic E-state index is 0.377. The lowest BCUT2D eigenvalue weighted by atomic mass is 10.2. The fourth-order valence-corrected chi connectivity index (χ4v) is 3.83. The van der Waals surface area contributed by atoms with Crippen LogP contribution in [-0.4, -0.2) is 23.4 Å². The van der Waals surface area contributed by atoms with Crippen LogP contribution in [0.2, 0.25) is 0 Å². The zero-order chi connectivity index (χ0) is 11.3. The average molecular weight is 300 g/mol. The van der Waals surface area contributed by atoms with Crippen molar-refractivity contribution in [2.75, 3.05) is 6.54 Å². The molecule has 16 heavy (non-hydrogen) atoms. The van der Waals surface area contributed by atoms with Crippen molar-refractivity contribution in [3.05, 3.63) is 20.3 Å². The maximum atomic E-state index is 5.96. The van der Waals surface area contributed by atoms with Crippen LogP contribution in [0.4, 0.5) is 0 Å². The molecule has 1 atom stereocenters. The molecule has 86 valence electrons. The summed E-state index contributed by atoms with van der Waals surface area (Å²) >= 11 is 5.42. The highest BCUT2D eigenvalue weighted by molar-refractivity contribution is 9.10. The van der Waals surface area contributed by atoms with Gasteiger partial charge >= 0.3 is 0 Å². The molecule has 1 fully saturated rings. The van der Waals surface area contributed by atoms with E-state index in [0.29, 0.717) is 12.1 Å². The van der Waals surface area contributed by atoms with E-state index in [-0.39, 0.29) is 0 Å². The van der Waals surface area contributed by atoms with Crippen LogP contribution in [0.25, 0.3) is 0 Å². The number of aliphatic imine (C=N–C) groups is 1. The number of hydrogen-bond acceptors (Lipinski definition) is 4. The van der Waals surface area contributed by atoms with Gasteiger partial charge in [0.1, 0.15) is 0 Å². The van der Waals surface area contributed by atoms with E-state index in [4.69, 9.17) is 5.73 Å². The van der Waals surface area contributed by atoms with Crippen LogP contribution in [0.15, 0.2) is 15.5 Å². The van der Waals surface area contributed by atoms with Gasteiger partial charge in [-0.3, -0.25) is 4.99 Å². The maximum absolute atomic E-state index is 5.96. The molecule has 0 bridgehead atoms. The molecule has 3 rings (SSSR count). The average Bonchev–Trinajstić information content (AvgIpc) is 2.93. The lowest BCUT2D eigenvalue weighted by Crippen LogP contribution is -2.37. The Labute approximate surface area is 107 Å². The van der Waals surface area contributed by atoms with E-state index in [2.05, 4.69) is 38.8 Å². The van der Waals surface area contributed by atoms with E-state index in [1.54, 1.807) is 0 Å². The summed E-state index contributed by atoms with van der Waals surface area (Å²) in [7, 11) is 0. The van der Waals surface area contributed by atoms with E-state index < -0.39 is 0 Å². The summed E-state index contributed by atoms with van der Waals surface area (Å²) in [6, 6.07) is 3.23. The van der Waals surface area contributed by atoms with E-state index in [1.807, 2.05) is 11.3 Å². The molecule has 0 aromatic carbocycles. The Morgan fingerprint density at radius 2 is 2.31 bits per heavy atom. The van der Waals surface area contributed by atoms with Crippen LogP contribution >= 0.6 is 27.3 Å². The second-order valence-electron chi connectivity index (χ2n) is 4.41. The summed E-state index contributed by atoms with van der Waals surface area (Å²) < 4.78 is 1.20. The van der Waals surface area contributed by atoms with Crippen LogP contribution < -0.4 is 5.73 Å². The SMILES string of the molecule is Cc1sc(C2CN=C(N)N2C2CC2)cc1Br. The molecule has 1 aliphatic carbocycles. The summed E-state index contributed by atoms with van der Waals surface area (Å²) in [5, 5.41) is 0. The highest BCUT2D eigenvalue weighted by atomic mass is 79.9. The van der Waals surface area contributed by atoms with Gasteiger partial charge in [-0.1, -0.05) is 0 Å². The Kier molecular flexibility index (Phi) is 2.47. The molecular weight excluding hydrogens is 286 g/mol. The van der Waals surface area contributed by atoms with Gasteiger partial charge in [0.15, 0.2) is 5.96 Å². The van der Waals surface area contributed by atoms with Gasteiger partial charge in [0.25, 0.3) is 0 Å². The molecule has 1 unspecified atom stereocenters. The smallest absolute Gasteiger partial charge is 0.192 e. The Morgan fingerprint density at radius 3 is 2.88 bits per heavy atom. The van der Waals surface area contributed by atoms with E-state index >= 15 is 0 Å². The predicted octanol–water partition coefficient (Wildman–Crippen LogP) is 2.65. The number of hydrogen-bond donors (Lipinski definition) is 1. The number of nitrogens with two attached hydrogens (primary N) is 1. The van der Waals surface area contributed by atoms with Gasteiger partial charge in [-0.15, -0.1) is 11.3 Å². The lowest BCUT2D eigenvalue weighted by molar-refractivity contribution is 0.342. The van der Waals surface area contributed by atoms with Crippen molar-refractivity contribution in [3.8, 4) is 0 Å². The molecule has 1 aromatic rings. The quantitative estimate of drug-likeness (QED) is 0.912. The second-order valence-corrected chi connectivity index (χ2v) is 6.55. The zero-order valence-corrected chi connectivity index (χ0v) is 11.5. The number of guanidine groups is 1. The van der Waals surface area contributed by atoms with E-state index in [1.165, 1.54) is 27.1 Å². The van der Waals surface area contributed by atoms with Crippen molar-refractivity contribution >= 4 is 33.2 Å². The number of thiophene rings is 1. The van der Waals surface area contributed by atoms with Gasteiger partial charge in [-0.2, -0.15) is 0 Å². The molecule has 0 amide bonds. The van der Waals surface area contributed by atoms with Crippen LogP contribution in [-0.2, 0) is 0 Å². The summed E-state index contributed by atoms with van der Waals surface area (Å²) in [4.78, 5) is 9.40. The van der Waals surface area contributed by atoms with E-state index in [0.717, 1.165) is 12.5 Å². The Balaban J connectivity index is 1.89. The largest absolute Gasteiger partial charge is 0.370 e. The maximum Gasteiger partial charge on any atom is 0.192 e. The molecule has 2 aliphatic rings. The van der Waals surface area contributed by atoms with Crippen molar-refractivity contribution < 1.29 is 0 Å². The molecule has 2 N–H and O–H groups in total. The number of aryl methyl sites for hydroxylation is 1. The van der Waals surface area contributed by atoms with Gasteiger partial charge in [0, 0.05) is 20.3 Å². The predicted molar refractivity (Wildman–Crippen MR) is 70.8 cm³/mol. The Hall–Kier alpha value is -0.550. The Bertz CT molecular complexity index is 431. The summed E-state index contributed by atoms with van der Waals surface area (Å²) in [6.07, 6.45) is 2.52. The molecular formula is C11H14BrN3S. The van der Waals surface area contributed by atoms with Gasteiger partial charge in [-0.25, -0.2) is 0 Å². The third kappa shape index (κ3) is 1.66. The van der Waals surface area contributed by atoms with Crippen molar-refractivity contribution in [2.45, 2.75) is 31.8 Å². The van der Waals surface area contributed by atoms with Crippen molar-refractivity contribution in [3.63, 3.8) is 0 Å². The first kappa shape index (κ1) is 10.6. The molecule has 5 heteroatoms. The van der Waals surface area contributed by atoms with Crippen LogP contribution in [0.3, 0.4) is 0 Å². The topological polar surface area (TPSA) is 41.6 Å². The number of rotatable bonds is 2. The first-order chi connectivity index (χ1) is 7.66. The molecule has 0 radical (unpaired) electrons. The molecule has 2 heterocycles. The van der Waals surface area contributed by atoms with E-state index in [9.17, 15) is 0 Å². The highest BCUT2D eigenvalue weighted by Gasteiger charge is 2.39. The van der Waals surface area contributed by atoms with Crippen LogP contribution in [0.1, 0.15) is 28.6 Å². The Morgan fingerprint density at radius 1 is 1.56 bits per heavy atom. The van der Waals surface area contributed by atoms with Crippen molar-refractivity contribution in [1.82, 2.24) is 4.90 Å². The van der Waals surface area contributed by atoms with Crippen LogP contribution in [0.5, 0.6) is 0 Å². The van der Waals surface area contributed by atoms with Crippen LogP contribution in [0, 0.1) is 6.92 Å². The fraction of sp³-hybridized carbons (Fsp3) is 0.545. The fourth-order valence-electron chi connectivity index (χ4n) is 2.18.